The molecule has 3 rings (SSSR count). The Balaban J connectivity index is 0.00000109. The minimum absolute atomic E-state index is 0.176. The molecule has 3 nitrogen and oxygen atoms in total. The van der Waals surface area contributed by atoms with Crippen LogP contribution in [0.2, 0.25) is 0 Å². The fourth-order valence-corrected chi connectivity index (χ4v) is 3.09. The molecule has 0 saturated heterocycles. The zero-order chi connectivity index (χ0) is 18.2. The molecule has 25 heavy (non-hydrogen) atoms. The van der Waals surface area contributed by atoms with Gasteiger partial charge >= 0.3 is 0 Å². The van der Waals surface area contributed by atoms with Crippen LogP contribution in [0.15, 0.2) is 42.5 Å². The van der Waals surface area contributed by atoms with Gasteiger partial charge in [-0.2, -0.15) is 0 Å². The average molecular weight is 341 g/mol. The fraction of sp³-hybridized carbons (Fsp3) is 0.455. The minimum Gasteiger partial charge on any atom is -0.489 e. The van der Waals surface area contributed by atoms with Crippen LogP contribution in [0, 0.1) is 13.8 Å². The summed E-state index contributed by atoms with van der Waals surface area (Å²) in [5, 5.41) is 13.6. The van der Waals surface area contributed by atoms with E-state index in [-0.39, 0.29) is 6.10 Å². The summed E-state index contributed by atoms with van der Waals surface area (Å²) in [5.41, 5.74) is 4.72. The average Bonchev–Trinajstić information content (AvgIpc) is 2.63. The number of benzene rings is 2. The Kier molecular flexibility index (Phi) is 7.48. The van der Waals surface area contributed by atoms with Gasteiger partial charge in [0.2, 0.25) is 0 Å². The zero-order valence-corrected chi connectivity index (χ0v) is 15.9. The maximum absolute atomic E-state index is 10.3. The van der Waals surface area contributed by atoms with Crippen molar-refractivity contribution >= 4 is 0 Å². The van der Waals surface area contributed by atoms with E-state index in [2.05, 4.69) is 30.4 Å². The van der Waals surface area contributed by atoms with Crippen molar-refractivity contribution in [1.29, 1.82) is 0 Å². The van der Waals surface area contributed by atoms with Gasteiger partial charge in [-0.05, 0) is 43.9 Å². The van der Waals surface area contributed by atoms with Crippen molar-refractivity contribution in [3.8, 4) is 5.75 Å². The maximum Gasteiger partial charge on any atom is 0.122 e. The molecule has 0 bridgehead atoms. The molecule has 0 spiro atoms. The van der Waals surface area contributed by atoms with Gasteiger partial charge in [-0.25, -0.2) is 0 Å². The number of fused-ring (bicyclic) bond motifs is 1. The van der Waals surface area contributed by atoms with Crippen LogP contribution in [0.25, 0.3) is 0 Å². The van der Waals surface area contributed by atoms with Crippen LogP contribution in [0.4, 0.5) is 0 Å². The second kappa shape index (κ2) is 9.59. The van der Waals surface area contributed by atoms with Gasteiger partial charge in [0.25, 0.3) is 0 Å². The first-order valence-corrected chi connectivity index (χ1v) is 9.33. The Labute approximate surface area is 152 Å². The number of aryl methyl sites for hydroxylation is 3. The van der Waals surface area contributed by atoms with Crippen LogP contribution >= 0.6 is 0 Å². The van der Waals surface area contributed by atoms with Crippen LogP contribution in [0.3, 0.4) is 0 Å². The van der Waals surface area contributed by atoms with Crippen LogP contribution in [0.5, 0.6) is 5.75 Å². The van der Waals surface area contributed by atoms with Crippen molar-refractivity contribution in [2.45, 2.75) is 52.7 Å². The first-order chi connectivity index (χ1) is 12.1. The number of rotatable bonds is 5. The van der Waals surface area contributed by atoms with Gasteiger partial charge in [-0.3, -0.25) is 0 Å². The van der Waals surface area contributed by atoms with Crippen LogP contribution in [0.1, 0.15) is 48.6 Å². The molecular weight excluding hydrogens is 310 g/mol. The molecule has 3 heteroatoms. The standard InChI is InChI=1S/C20H25NO2.C2H6/c1-14-4-3-5-16(10-14)19(22)13-21-12-18-8-7-17-11-15(2)6-9-20(17)23-18;1-2/h3-6,9-11,18-19,21-22H,7-8,12-13H2,1-2H3;1-2H3. The second-order valence-corrected chi connectivity index (χ2v) is 6.48. The van der Waals surface area contributed by atoms with E-state index in [1.807, 2.05) is 45.0 Å². The minimum atomic E-state index is -0.478. The van der Waals surface area contributed by atoms with Gasteiger partial charge in [-0.15, -0.1) is 0 Å². The lowest BCUT2D eigenvalue weighted by Gasteiger charge is -2.27. The van der Waals surface area contributed by atoms with E-state index in [1.54, 1.807) is 0 Å². The summed E-state index contributed by atoms with van der Waals surface area (Å²) in [6.45, 7) is 9.46. The molecule has 0 radical (unpaired) electrons. The normalized spacial score (nSPS) is 16.9. The fourth-order valence-electron chi connectivity index (χ4n) is 3.09. The number of aliphatic hydroxyl groups is 1. The molecule has 2 aromatic rings. The number of aliphatic hydroxyl groups excluding tert-OH is 1. The molecule has 1 aliphatic heterocycles. The van der Waals surface area contributed by atoms with E-state index in [9.17, 15) is 5.11 Å². The third-order valence-electron chi connectivity index (χ3n) is 4.38. The quantitative estimate of drug-likeness (QED) is 0.850. The van der Waals surface area contributed by atoms with Crippen molar-refractivity contribution in [3.63, 3.8) is 0 Å². The maximum atomic E-state index is 10.3. The lowest BCUT2D eigenvalue weighted by atomic mass is 10.00. The second-order valence-electron chi connectivity index (χ2n) is 6.48. The van der Waals surface area contributed by atoms with Gasteiger partial charge in [-0.1, -0.05) is 61.4 Å². The first kappa shape index (κ1) is 19.5. The summed E-state index contributed by atoms with van der Waals surface area (Å²) in [7, 11) is 0. The highest BCUT2D eigenvalue weighted by molar-refractivity contribution is 5.38. The van der Waals surface area contributed by atoms with E-state index in [0.29, 0.717) is 6.54 Å². The Bertz CT molecular complexity index is 669. The van der Waals surface area contributed by atoms with Gasteiger partial charge < -0.3 is 15.2 Å². The molecule has 2 N–H and O–H groups in total. The van der Waals surface area contributed by atoms with Crippen molar-refractivity contribution in [1.82, 2.24) is 5.32 Å². The van der Waals surface area contributed by atoms with Crippen LogP contribution in [-0.4, -0.2) is 24.3 Å². The van der Waals surface area contributed by atoms with E-state index >= 15 is 0 Å². The summed E-state index contributed by atoms with van der Waals surface area (Å²) in [4.78, 5) is 0. The Morgan fingerprint density at radius 3 is 2.64 bits per heavy atom. The molecule has 0 aliphatic carbocycles. The molecule has 0 amide bonds. The highest BCUT2D eigenvalue weighted by Gasteiger charge is 2.19. The predicted octanol–water partition coefficient (Wildman–Crippen LogP) is 4.35. The Morgan fingerprint density at radius 1 is 1.12 bits per heavy atom. The van der Waals surface area contributed by atoms with E-state index in [4.69, 9.17) is 4.74 Å². The van der Waals surface area contributed by atoms with Crippen molar-refractivity contribution < 1.29 is 9.84 Å². The predicted molar refractivity (Wildman–Crippen MR) is 104 cm³/mol. The molecule has 136 valence electrons. The monoisotopic (exact) mass is 341 g/mol. The largest absolute Gasteiger partial charge is 0.489 e. The molecule has 2 atom stereocenters. The molecule has 1 heterocycles. The van der Waals surface area contributed by atoms with Crippen molar-refractivity contribution in [3.05, 3.63) is 64.7 Å². The molecule has 2 unspecified atom stereocenters. The van der Waals surface area contributed by atoms with E-state index in [1.165, 1.54) is 16.7 Å². The van der Waals surface area contributed by atoms with Gasteiger partial charge in [0, 0.05) is 13.1 Å². The third kappa shape index (κ3) is 5.58. The van der Waals surface area contributed by atoms with E-state index in [0.717, 1.165) is 30.7 Å². The SMILES string of the molecule is CC.Cc1cccc(C(O)CNCC2CCc3cc(C)ccc3O2)c1. The van der Waals surface area contributed by atoms with Gasteiger partial charge in [0.15, 0.2) is 0 Å². The van der Waals surface area contributed by atoms with E-state index < -0.39 is 6.10 Å². The lowest BCUT2D eigenvalue weighted by Crippen LogP contribution is -2.36. The summed E-state index contributed by atoms with van der Waals surface area (Å²) in [6.07, 6.45) is 1.77. The summed E-state index contributed by atoms with van der Waals surface area (Å²) in [6, 6.07) is 14.4. The molecule has 0 saturated carbocycles. The number of hydrogen-bond donors (Lipinski definition) is 2. The first-order valence-electron chi connectivity index (χ1n) is 9.33. The van der Waals surface area contributed by atoms with Crippen molar-refractivity contribution in [2.24, 2.45) is 0 Å². The smallest absolute Gasteiger partial charge is 0.122 e. The topological polar surface area (TPSA) is 41.5 Å². The summed E-state index contributed by atoms with van der Waals surface area (Å²) in [5.74, 6) is 1.01. The number of ether oxygens (including phenoxy) is 1. The molecule has 0 fully saturated rings. The molecule has 0 aromatic heterocycles. The van der Waals surface area contributed by atoms with Gasteiger partial charge in [0.05, 0.1) is 6.10 Å². The summed E-state index contributed by atoms with van der Waals surface area (Å²) < 4.78 is 6.05. The van der Waals surface area contributed by atoms with Crippen LogP contribution in [-0.2, 0) is 6.42 Å². The lowest BCUT2D eigenvalue weighted by molar-refractivity contribution is 0.146. The highest BCUT2D eigenvalue weighted by atomic mass is 16.5. The van der Waals surface area contributed by atoms with Gasteiger partial charge in [0.1, 0.15) is 11.9 Å². The third-order valence-corrected chi connectivity index (χ3v) is 4.38. The van der Waals surface area contributed by atoms with Crippen molar-refractivity contribution in [2.75, 3.05) is 13.1 Å². The number of nitrogens with one attached hydrogen (secondary N) is 1. The van der Waals surface area contributed by atoms with Crippen LogP contribution < -0.4 is 10.1 Å². The highest BCUT2D eigenvalue weighted by Crippen LogP contribution is 2.28. The number of hydrogen-bond acceptors (Lipinski definition) is 3. The zero-order valence-electron chi connectivity index (χ0n) is 15.9. The molecule has 1 aliphatic rings. The Morgan fingerprint density at radius 2 is 1.88 bits per heavy atom. The summed E-state index contributed by atoms with van der Waals surface area (Å²) >= 11 is 0. The molecule has 2 aromatic carbocycles. The Hall–Kier alpha value is -1.84. The molecular formula is C22H31NO2.